The number of rotatable bonds is 6. The summed E-state index contributed by atoms with van der Waals surface area (Å²) in [5.41, 5.74) is 1.17. The second-order valence-electron chi connectivity index (χ2n) is 5.80. The van der Waals surface area contributed by atoms with E-state index in [0.29, 0.717) is 23.6 Å². The number of anilines is 1. The Labute approximate surface area is 137 Å². The van der Waals surface area contributed by atoms with Crippen LogP contribution in [0.4, 0.5) is 5.69 Å². The summed E-state index contributed by atoms with van der Waals surface area (Å²) in [4.78, 5) is 12.3. The van der Waals surface area contributed by atoms with Crippen LogP contribution in [0.25, 0.3) is 0 Å². The highest BCUT2D eigenvalue weighted by Crippen LogP contribution is 2.28. The molecule has 4 nitrogen and oxygen atoms in total. The Morgan fingerprint density at radius 3 is 2.57 bits per heavy atom. The molecule has 1 unspecified atom stereocenters. The third-order valence-corrected chi connectivity index (χ3v) is 3.61. The SMILES string of the molecule is CCOc1cc(C)ccc1NC(=O)CC(C)(O)c1ccccc1. The molecule has 2 aromatic carbocycles. The molecule has 0 saturated heterocycles. The first-order valence-corrected chi connectivity index (χ1v) is 7.73. The molecule has 0 saturated carbocycles. The summed E-state index contributed by atoms with van der Waals surface area (Å²) in [6, 6.07) is 14.8. The van der Waals surface area contributed by atoms with Crippen LogP contribution in [0.1, 0.15) is 31.4 Å². The Morgan fingerprint density at radius 2 is 1.91 bits per heavy atom. The highest BCUT2D eigenvalue weighted by Gasteiger charge is 2.26. The van der Waals surface area contributed by atoms with Crippen molar-refractivity contribution in [3.63, 3.8) is 0 Å². The Kier molecular flexibility index (Phi) is 5.40. The normalized spacial score (nSPS) is 13.2. The Morgan fingerprint density at radius 1 is 1.22 bits per heavy atom. The number of aryl methyl sites for hydroxylation is 1. The van der Waals surface area contributed by atoms with E-state index in [4.69, 9.17) is 4.74 Å². The van der Waals surface area contributed by atoms with Gasteiger partial charge in [-0.15, -0.1) is 0 Å². The molecule has 4 heteroatoms. The molecule has 0 heterocycles. The van der Waals surface area contributed by atoms with Gasteiger partial charge in [0.15, 0.2) is 0 Å². The number of aliphatic hydroxyl groups is 1. The number of benzene rings is 2. The van der Waals surface area contributed by atoms with Crippen molar-refractivity contribution < 1.29 is 14.6 Å². The first kappa shape index (κ1) is 17.0. The van der Waals surface area contributed by atoms with Crippen molar-refractivity contribution in [3.8, 4) is 5.75 Å². The van der Waals surface area contributed by atoms with Crippen molar-refractivity contribution in [2.24, 2.45) is 0 Å². The standard InChI is InChI=1S/C19H23NO3/c1-4-23-17-12-14(2)10-11-16(17)20-18(21)13-19(3,22)15-8-6-5-7-9-15/h5-12,22H,4,13H2,1-3H3,(H,20,21). The van der Waals surface area contributed by atoms with E-state index in [2.05, 4.69) is 5.32 Å². The van der Waals surface area contributed by atoms with Crippen LogP contribution in [-0.2, 0) is 10.4 Å². The largest absolute Gasteiger partial charge is 0.492 e. The van der Waals surface area contributed by atoms with Crippen molar-refractivity contribution in [1.29, 1.82) is 0 Å². The van der Waals surface area contributed by atoms with Crippen LogP contribution in [0.2, 0.25) is 0 Å². The van der Waals surface area contributed by atoms with Gasteiger partial charge in [-0.2, -0.15) is 0 Å². The van der Waals surface area contributed by atoms with Crippen molar-refractivity contribution in [2.75, 3.05) is 11.9 Å². The molecule has 2 rings (SSSR count). The van der Waals surface area contributed by atoms with Crippen molar-refractivity contribution >= 4 is 11.6 Å². The first-order chi connectivity index (χ1) is 10.9. The number of nitrogens with one attached hydrogen (secondary N) is 1. The lowest BCUT2D eigenvalue weighted by Crippen LogP contribution is -2.28. The molecule has 1 atom stereocenters. The molecule has 0 aliphatic rings. The van der Waals surface area contributed by atoms with E-state index in [1.807, 2.05) is 62.4 Å². The van der Waals surface area contributed by atoms with E-state index < -0.39 is 5.60 Å². The molecule has 0 fully saturated rings. The fraction of sp³-hybridized carbons (Fsp3) is 0.316. The van der Waals surface area contributed by atoms with E-state index in [0.717, 1.165) is 5.56 Å². The molecular weight excluding hydrogens is 290 g/mol. The molecule has 0 aliphatic heterocycles. The third-order valence-electron chi connectivity index (χ3n) is 3.61. The summed E-state index contributed by atoms with van der Waals surface area (Å²) < 4.78 is 5.56. The lowest BCUT2D eigenvalue weighted by atomic mass is 9.92. The predicted molar refractivity (Wildman–Crippen MR) is 91.6 cm³/mol. The van der Waals surface area contributed by atoms with Gasteiger partial charge in [0.1, 0.15) is 5.75 Å². The van der Waals surface area contributed by atoms with Crippen molar-refractivity contribution in [3.05, 3.63) is 59.7 Å². The van der Waals surface area contributed by atoms with Gasteiger partial charge in [0.25, 0.3) is 0 Å². The van der Waals surface area contributed by atoms with Crippen LogP contribution in [0, 0.1) is 6.92 Å². The molecule has 2 aromatic rings. The van der Waals surface area contributed by atoms with E-state index >= 15 is 0 Å². The summed E-state index contributed by atoms with van der Waals surface area (Å²) in [6.45, 7) is 6.02. The first-order valence-electron chi connectivity index (χ1n) is 7.73. The second kappa shape index (κ2) is 7.29. The molecular formula is C19H23NO3. The molecule has 0 bridgehead atoms. The van der Waals surface area contributed by atoms with Gasteiger partial charge in [0, 0.05) is 0 Å². The quantitative estimate of drug-likeness (QED) is 0.856. The van der Waals surface area contributed by atoms with Gasteiger partial charge in [-0.25, -0.2) is 0 Å². The minimum atomic E-state index is -1.22. The average molecular weight is 313 g/mol. The van der Waals surface area contributed by atoms with Gasteiger partial charge in [-0.1, -0.05) is 36.4 Å². The van der Waals surface area contributed by atoms with Crippen molar-refractivity contribution in [1.82, 2.24) is 0 Å². The maximum atomic E-state index is 12.3. The molecule has 23 heavy (non-hydrogen) atoms. The van der Waals surface area contributed by atoms with Crippen molar-refractivity contribution in [2.45, 2.75) is 32.8 Å². The minimum Gasteiger partial charge on any atom is -0.492 e. The number of carbonyl (C=O) groups is 1. The van der Waals surface area contributed by atoms with Crippen LogP contribution in [-0.4, -0.2) is 17.6 Å². The maximum absolute atomic E-state index is 12.3. The monoisotopic (exact) mass is 313 g/mol. The molecule has 122 valence electrons. The topological polar surface area (TPSA) is 58.6 Å². The van der Waals surface area contributed by atoms with Gasteiger partial charge in [-0.05, 0) is 44.0 Å². The summed E-state index contributed by atoms with van der Waals surface area (Å²) in [6.07, 6.45) is -0.0313. The minimum absolute atomic E-state index is 0.0313. The number of hydrogen-bond acceptors (Lipinski definition) is 3. The van der Waals surface area contributed by atoms with Crippen LogP contribution in [0.5, 0.6) is 5.75 Å². The summed E-state index contributed by atoms with van der Waals surface area (Å²) >= 11 is 0. The van der Waals surface area contributed by atoms with Crippen LogP contribution in [0.15, 0.2) is 48.5 Å². The maximum Gasteiger partial charge on any atom is 0.227 e. The molecule has 0 spiro atoms. The number of hydrogen-bond donors (Lipinski definition) is 2. The van der Waals surface area contributed by atoms with Gasteiger partial charge < -0.3 is 15.2 Å². The highest BCUT2D eigenvalue weighted by atomic mass is 16.5. The third kappa shape index (κ3) is 4.57. The number of ether oxygens (including phenoxy) is 1. The lowest BCUT2D eigenvalue weighted by Gasteiger charge is -2.23. The Hall–Kier alpha value is -2.33. The van der Waals surface area contributed by atoms with Crippen LogP contribution in [0.3, 0.4) is 0 Å². The van der Waals surface area contributed by atoms with E-state index in [9.17, 15) is 9.90 Å². The summed E-state index contributed by atoms with van der Waals surface area (Å²) in [7, 11) is 0. The van der Waals surface area contributed by atoms with E-state index in [-0.39, 0.29) is 12.3 Å². The summed E-state index contributed by atoms with van der Waals surface area (Å²) in [5, 5.41) is 13.4. The number of amides is 1. The predicted octanol–water partition coefficient (Wildman–Crippen LogP) is 3.63. The number of carbonyl (C=O) groups excluding carboxylic acids is 1. The Balaban J connectivity index is 2.11. The van der Waals surface area contributed by atoms with Crippen LogP contribution < -0.4 is 10.1 Å². The lowest BCUT2D eigenvalue weighted by molar-refractivity contribution is -0.120. The van der Waals surface area contributed by atoms with Gasteiger partial charge in [-0.3, -0.25) is 4.79 Å². The van der Waals surface area contributed by atoms with E-state index in [1.54, 1.807) is 6.92 Å². The molecule has 0 aromatic heterocycles. The zero-order valence-corrected chi connectivity index (χ0v) is 13.8. The zero-order chi connectivity index (χ0) is 16.9. The highest BCUT2D eigenvalue weighted by molar-refractivity contribution is 5.93. The summed E-state index contributed by atoms with van der Waals surface area (Å²) in [5.74, 6) is 0.379. The fourth-order valence-corrected chi connectivity index (χ4v) is 2.41. The molecule has 0 radical (unpaired) electrons. The second-order valence-corrected chi connectivity index (χ2v) is 5.80. The van der Waals surface area contributed by atoms with Gasteiger partial charge in [0.05, 0.1) is 24.3 Å². The molecule has 0 aliphatic carbocycles. The smallest absolute Gasteiger partial charge is 0.227 e. The average Bonchev–Trinajstić information content (AvgIpc) is 2.51. The molecule has 2 N–H and O–H groups in total. The fourth-order valence-electron chi connectivity index (χ4n) is 2.41. The van der Waals surface area contributed by atoms with Crippen LogP contribution >= 0.6 is 0 Å². The Bertz CT molecular complexity index is 666. The van der Waals surface area contributed by atoms with Gasteiger partial charge >= 0.3 is 0 Å². The molecule has 1 amide bonds. The zero-order valence-electron chi connectivity index (χ0n) is 13.8. The van der Waals surface area contributed by atoms with Gasteiger partial charge in [0.2, 0.25) is 5.91 Å². The van der Waals surface area contributed by atoms with E-state index in [1.165, 1.54) is 0 Å².